The van der Waals surface area contributed by atoms with Crippen molar-refractivity contribution in [1.29, 1.82) is 0 Å². The highest BCUT2D eigenvalue weighted by Crippen LogP contribution is 2.45. The zero-order chi connectivity index (χ0) is 33.3. The topological polar surface area (TPSA) is 25.8 Å². The van der Waals surface area contributed by atoms with E-state index in [4.69, 9.17) is 4.98 Å². The molecule has 0 saturated carbocycles. The molecular formula is C48H32N2. The minimum atomic E-state index is 0.937. The second-order valence-corrected chi connectivity index (χ2v) is 12.6. The number of rotatable bonds is 6. The zero-order valence-electron chi connectivity index (χ0n) is 27.4. The van der Waals surface area contributed by atoms with Gasteiger partial charge in [-0.05, 0) is 84.3 Å². The number of nitrogens with zero attached hydrogens (tertiary/aromatic N) is 2. The van der Waals surface area contributed by atoms with Crippen molar-refractivity contribution in [2.24, 2.45) is 0 Å². The average molecular weight is 637 g/mol. The summed E-state index contributed by atoms with van der Waals surface area (Å²) in [5, 5.41) is 4.89. The normalized spacial score (nSPS) is 11.2. The van der Waals surface area contributed by atoms with Crippen molar-refractivity contribution < 1.29 is 0 Å². The molecule has 0 radical (unpaired) electrons. The molecule has 234 valence electrons. The molecule has 9 aromatic rings. The third-order valence-corrected chi connectivity index (χ3v) is 9.64. The van der Waals surface area contributed by atoms with Crippen LogP contribution in [0.1, 0.15) is 0 Å². The van der Waals surface area contributed by atoms with Crippen LogP contribution in [-0.2, 0) is 0 Å². The summed E-state index contributed by atoms with van der Waals surface area (Å²) in [6.45, 7) is 0. The monoisotopic (exact) mass is 636 g/mol. The first-order valence-electron chi connectivity index (χ1n) is 17.0. The second-order valence-electron chi connectivity index (χ2n) is 12.6. The van der Waals surface area contributed by atoms with Crippen molar-refractivity contribution in [3.8, 4) is 66.9 Å². The molecule has 0 fully saturated rings. The summed E-state index contributed by atoms with van der Waals surface area (Å²) < 4.78 is 0. The highest BCUT2D eigenvalue weighted by Gasteiger charge is 2.18. The molecule has 0 aliphatic heterocycles. The molecule has 0 saturated heterocycles. The smallest absolute Gasteiger partial charge is 0.0702 e. The Balaban J connectivity index is 1.25. The lowest BCUT2D eigenvalue weighted by atomic mass is 9.84. The SMILES string of the molecule is c1ccc(-c2ccc(-c3c4ccccc4c(-c4ccc(-c5ccccc5)cc4)c4cc(-c5ccc(-c6cccnc6)cn5)ccc34)cc2)cc1. The lowest BCUT2D eigenvalue weighted by molar-refractivity contribution is 1.30. The molecule has 2 heteroatoms. The first-order chi connectivity index (χ1) is 24.8. The van der Waals surface area contributed by atoms with Gasteiger partial charge in [-0.25, -0.2) is 0 Å². The van der Waals surface area contributed by atoms with Crippen molar-refractivity contribution in [3.63, 3.8) is 0 Å². The number of benzene rings is 7. The Hall–Kier alpha value is -6.64. The molecular weight excluding hydrogens is 605 g/mol. The molecule has 0 amide bonds. The predicted molar refractivity (Wildman–Crippen MR) is 210 cm³/mol. The maximum absolute atomic E-state index is 4.93. The van der Waals surface area contributed by atoms with Gasteiger partial charge in [0.25, 0.3) is 0 Å². The van der Waals surface area contributed by atoms with Crippen LogP contribution >= 0.6 is 0 Å². The van der Waals surface area contributed by atoms with Crippen molar-refractivity contribution in [2.75, 3.05) is 0 Å². The van der Waals surface area contributed by atoms with Gasteiger partial charge in [0.2, 0.25) is 0 Å². The van der Waals surface area contributed by atoms with Crippen molar-refractivity contribution in [1.82, 2.24) is 9.97 Å². The van der Waals surface area contributed by atoms with Gasteiger partial charge in [-0.1, -0.05) is 158 Å². The number of hydrogen-bond acceptors (Lipinski definition) is 2. The van der Waals surface area contributed by atoms with Gasteiger partial charge >= 0.3 is 0 Å². The van der Waals surface area contributed by atoms with Gasteiger partial charge in [0, 0.05) is 35.3 Å². The van der Waals surface area contributed by atoms with E-state index in [-0.39, 0.29) is 0 Å². The average Bonchev–Trinajstić information content (AvgIpc) is 3.21. The Bertz CT molecular complexity index is 2580. The highest BCUT2D eigenvalue weighted by atomic mass is 14.7. The van der Waals surface area contributed by atoms with Crippen LogP contribution in [0.5, 0.6) is 0 Å². The largest absolute Gasteiger partial charge is 0.264 e. The molecule has 50 heavy (non-hydrogen) atoms. The van der Waals surface area contributed by atoms with Gasteiger partial charge < -0.3 is 0 Å². The maximum atomic E-state index is 4.93. The van der Waals surface area contributed by atoms with Gasteiger partial charge in [-0.2, -0.15) is 0 Å². The number of fused-ring (bicyclic) bond motifs is 2. The molecule has 0 bridgehead atoms. The van der Waals surface area contributed by atoms with E-state index in [2.05, 4.69) is 175 Å². The molecule has 0 N–H and O–H groups in total. The van der Waals surface area contributed by atoms with Crippen LogP contribution in [0.2, 0.25) is 0 Å². The minimum absolute atomic E-state index is 0.937. The van der Waals surface area contributed by atoms with Crippen LogP contribution in [0, 0.1) is 0 Å². The van der Waals surface area contributed by atoms with Gasteiger partial charge in [0.15, 0.2) is 0 Å². The van der Waals surface area contributed by atoms with E-state index in [0.717, 1.165) is 22.4 Å². The molecule has 0 spiro atoms. The quantitative estimate of drug-likeness (QED) is 0.170. The van der Waals surface area contributed by atoms with Crippen molar-refractivity contribution in [3.05, 3.63) is 195 Å². The fourth-order valence-electron chi connectivity index (χ4n) is 7.15. The standard InChI is InChI=1S/C48H32N2/c1-3-10-33(11-4-1)35-17-21-37(22-18-35)47-42-15-7-8-16-43(42)48(38-23-19-36(20-24-38)34-12-5-2-6-13-34)45-30-39(25-27-44(45)47)46-28-26-41(32-50-46)40-14-9-29-49-31-40/h1-32H. The van der Waals surface area contributed by atoms with Crippen molar-refractivity contribution >= 4 is 21.5 Å². The summed E-state index contributed by atoms with van der Waals surface area (Å²) >= 11 is 0. The van der Waals surface area contributed by atoms with Crippen LogP contribution in [0.3, 0.4) is 0 Å². The molecule has 9 rings (SSSR count). The predicted octanol–water partition coefficient (Wildman–Crippen LogP) is 12.8. The molecule has 2 aromatic heterocycles. The summed E-state index contributed by atoms with van der Waals surface area (Å²) in [4.78, 5) is 9.22. The van der Waals surface area contributed by atoms with Gasteiger partial charge in [0.1, 0.15) is 0 Å². The molecule has 7 aromatic carbocycles. The number of hydrogen-bond donors (Lipinski definition) is 0. The minimum Gasteiger partial charge on any atom is -0.264 e. The first-order valence-corrected chi connectivity index (χ1v) is 17.0. The third-order valence-electron chi connectivity index (χ3n) is 9.64. The van der Waals surface area contributed by atoms with E-state index in [1.54, 1.807) is 6.20 Å². The Kier molecular flexibility index (Phi) is 7.53. The Morgan fingerprint density at radius 3 is 1.26 bits per heavy atom. The summed E-state index contributed by atoms with van der Waals surface area (Å²) in [6.07, 6.45) is 5.61. The molecule has 0 aliphatic rings. The van der Waals surface area contributed by atoms with Gasteiger partial charge in [0.05, 0.1) is 5.69 Å². The summed E-state index contributed by atoms with van der Waals surface area (Å²) in [5.41, 5.74) is 13.8. The van der Waals surface area contributed by atoms with Gasteiger partial charge in [-0.15, -0.1) is 0 Å². The zero-order valence-corrected chi connectivity index (χ0v) is 27.4. The van der Waals surface area contributed by atoms with Crippen LogP contribution in [0.25, 0.3) is 88.4 Å². The Morgan fingerprint density at radius 1 is 0.280 bits per heavy atom. The van der Waals surface area contributed by atoms with Crippen molar-refractivity contribution in [2.45, 2.75) is 0 Å². The van der Waals surface area contributed by atoms with E-state index in [9.17, 15) is 0 Å². The first kappa shape index (κ1) is 29.5. The highest BCUT2D eigenvalue weighted by molar-refractivity contribution is 6.22. The van der Waals surface area contributed by atoms with Crippen LogP contribution < -0.4 is 0 Å². The fourth-order valence-corrected chi connectivity index (χ4v) is 7.15. The second kappa shape index (κ2) is 12.8. The lowest BCUT2D eigenvalue weighted by Crippen LogP contribution is -1.93. The van der Waals surface area contributed by atoms with Gasteiger partial charge in [-0.3, -0.25) is 9.97 Å². The number of aromatic nitrogens is 2. The molecule has 0 atom stereocenters. The van der Waals surface area contributed by atoms with Crippen LogP contribution in [0.15, 0.2) is 195 Å². The molecule has 2 heterocycles. The van der Waals surface area contributed by atoms with Crippen LogP contribution in [0.4, 0.5) is 0 Å². The van der Waals surface area contributed by atoms with E-state index >= 15 is 0 Å². The van der Waals surface area contributed by atoms with E-state index in [0.29, 0.717) is 0 Å². The van der Waals surface area contributed by atoms with E-state index < -0.39 is 0 Å². The summed E-state index contributed by atoms with van der Waals surface area (Å²) in [6, 6.07) is 63.1. The van der Waals surface area contributed by atoms with Crippen LogP contribution in [-0.4, -0.2) is 9.97 Å². The third kappa shape index (κ3) is 5.43. The molecule has 0 unspecified atom stereocenters. The Labute approximate surface area is 292 Å². The lowest BCUT2D eigenvalue weighted by Gasteiger charge is -2.19. The summed E-state index contributed by atoms with van der Waals surface area (Å²) in [7, 11) is 0. The molecule has 0 aliphatic carbocycles. The molecule has 2 nitrogen and oxygen atoms in total. The number of pyridine rings is 2. The summed E-state index contributed by atoms with van der Waals surface area (Å²) in [5.74, 6) is 0. The van der Waals surface area contributed by atoms with E-state index in [1.165, 1.54) is 66.1 Å². The fraction of sp³-hybridized carbons (Fsp3) is 0. The maximum Gasteiger partial charge on any atom is 0.0702 e. The van der Waals surface area contributed by atoms with E-state index in [1.807, 2.05) is 18.5 Å². The Morgan fingerprint density at radius 2 is 0.720 bits per heavy atom.